The molecule has 13 nitrogen and oxygen atoms in total. The van der Waals surface area contributed by atoms with Crippen LogP contribution in [0.15, 0.2) is 0 Å². The summed E-state index contributed by atoms with van der Waals surface area (Å²) in [4.78, 5) is 35.6. The summed E-state index contributed by atoms with van der Waals surface area (Å²) in [6, 6.07) is 0. The predicted molar refractivity (Wildman–Crippen MR) is 226 cm³/mol. The molecular weight excluding hydrogens is 767 g/mol. The van der Waals surface area contributed by atoms with E-state index in [1.54, 1.807) is 0 Å². The number of hydrogen-bond donors (Lipinski definition) is 6. The molecular formula is C44H85O13P. The quantitative estimate of drug-likeness (QED) is 0.0194. The minimum absolute atomic E-state index is 0.105. The van der Waals surface area contributed by atoms with Crippen LogP contribution in [-0.4, -0.2) is 98.3 Å². The van der Waals surface area contributed by atoms with E-state index in [0.717, 1.165) is 38.5 Å². The van der Waals surface area contributed by atoms with Crippen molar-refractivity contribution in [3.05, 3.63) is 0 Å². The number of hydrogen-bond acceptors (Lipinski definition) is 12. The van der Waals surface area contributed by atoms with Crippen molar-refractivity contribution in [2.45, 2.75) is 256 Å². The Morgan fingerprint density at radius 2 is 0.776 bits per heavy atom. The fraction of sp³-hybridized carbons (Fsp3) is 0.955. The Bertz CT molecular complexity index is 1030. The van der Waals surface area contributed by atoms with Gasteiger partial charge in [0.05, 0.1) is 6.61 Å². The Balaban J connectivity index is 2.40. The molecule has 0 aromatic carbocycles. The number of aliphatic hydroxyl groups is 5. The molecule has 1 rings (SSSR count). The Morgan fingerprint density at radius 3 is 1.14 bits per heavy atom. The molecule has 8 atom stereocenters. The van der Waals surface area contributed by atoms with Gasteiger partial charge in [-0.05, 0) is 12.8 Å². The molecule has 0 aliphatic heterocycles. The number of ether oxygens (including phenoxy) is 2. The van der Waals surface area contributed by atoms with E-state index in [1.165, 1.54) is 135 Å². The van der Waals surface area contributed by atoms with Crippen LogP contribution < -0.4 is 0 Å². The Labute approximate surface area is 351 Å². The molecule has 6 N–H and O–H groups in total. The number of unbranched alkanes of at least 4 members (excludes halogenated alkanes) is 27. The first kappa shape index (κ1) is 54.9. The SMILES string of the molecule is CCCCCCCCCCCCCCCCCCCCCC(=O)O[C@H](COC(=O)CCCCCCCCCCCC)COP(=O)(O)OC1C(O)C(O)C(O)[C@@H](O)C1O. The monoisotopic (exact) mass is 853 g/mol. The highest BCUT2D eigenvalue weighted by Crippen LogP contribution is 2.47. The first-order valence-corrected chi connectivity index (χ1v) is 24.8. The van der Waals surface area contributed by atoms with Gasteiger partial charge in [0.25, 0.3) is 0 Å². The average molecular weight is 853 g/mol. The van der Waals surface area contributed by atoms with Crippen molar-refractivity contribution in [3.8, 4) is 0 Å². The molecule has 0 aromatic heterocycles. The van der Waals surface area contributed by atoms with Gasteiger partial charge in [0.1, 0.15) is 43.2 Å². The van der Waals surface area contributed by atoms with Gasteiger partial charge >= 0.3 is 19.8 Å². The zero-order valence-corrected chi connectivity index (χ0v) is 37.3. The fourth-order valence-electron chi connectivity index (χ4n) is 7.41. The summed E-state index contributed by atoms with van der Waals surface area (Å²) in [7, 11) is -5.11. The number of esters is 2. The van der Waals surface area contributed by atoms with Crippen molar-refractivity contribution < 1.29 is 63.1 Å². The molecule has 0 spiro atoms. The van der Waals surface area contributed by atoms with Gasteiger partial charge in [-0.2, -0.15) is 0 Å². The summed E-state index contributed by atoms with van der Waals surface area (Å²) < 4.78 is 33.5. The maximum absolute atomic E-state index is 12.8. The van der Waals surface area contributed by atoms with Gasteiger partial charge in [0.15, 0.2) is 6.10 Å². The number of aliphatic hydroxyl groups excluding tert-OH is 5. The average Bonchev–Trinajstić information content (AvgIpc) is 3.20. The van der Waals surface area contributed by atoms with E-state index < -0.39 is 75.7 Å². The van der Waals surface area contributed by atoms with E-state index in [1.807, 2.05) is 0 Å². The van der Waals surface area contributed by atoms with Gasteiger partial charge in [0, 0.05) is 12.8 Å². The first-order chi connectivity index (χ1) is 27.9. The van der Waals surface area contributed by atoms with Gasteiger partial charge in [-0.15, -0.1) is 0 Å². The Kier molecular flexibility index (Phi) is 33.5. The van der Waals surface area contributed by atoms with Crippen molar-refractivity contribution in [1.82, 2.24) is 0 Å². The maximum atomic E-state index is 12.8. The molecule has 1 aliphatic carbocycles. The highest BCUT2D eigenvalue weighted by molar-refractivity contribution is 7.47. The van der Waals surface area contributed by atoms with Crippen LogP contribution in [0.5, 0.6) is 0 Å². The van der Waals surface area contributed by atoms with Crippen molar-refractivity contribution in [1.29, 1.82) is 0 Å². The predicted octanol–water partition coefficient (Wildman–Crippen LogP) is 8.89. The summed E-state index contributed by atoms with van der Waals surface area (Å²) in [6.07, 6.45) is 21.7. The highest BCUT2D eigenvalue weighted by Gasteiger charge is 2.51. The molecule has 0 aromatic rings. The lowest BCUT2D eigenvalue weighted by Crippen LogP contribution is -2.64. The van der Waals surface area contributed by atoms with Gasteiger partial charge in [-0.25, -0.2) is 4.57 Å². The largest absolute Gasteiger partial charge is 0.472 e. The van der Waals surface area contributed by atoms with Crippen molar-refractivity contribution in [3.63, 3.8) is 0 Å². The molecule has 58 heavy (non-hydrogen) atoms. The van der Waals surface area contributed by atoms with E-state index in [-0.39, 0.29) is 12.8 Å². The smallest absolute Gasteiger partial charge is 0.462 e. The number of carbonyl (C=O) groups is 2. The highest BCUT2D eigenvalue weighted by atomic mass is 31.2. The molecule has 0 heterocycles. The van der Waals surface area contributed by atoms with Crippen molar-refractivity contribution in [2.24, 2.45) is 0 Å². The van der Waals surface area contributed by atoms with Crippen LogP contribution in [-0.2, 0) is 32.7 Å². The third kappa shape index (κ3) is 27.6. The van der Waals surface area contributed by atoms with Crippen LogP contribution >= 0.6 is 7.82 Å². The second-order valence-corrected chi connectivity index (χ2v) is 18.0. The topological polar surface area (TPSA) is 210 Å². The van der Waals surface area contributed by atoms with Crippen LogP contribution in [0.25, 0.3) is 0 Å². The van der Waals surface area contributed by atoms with Gasteiger partial charge in [-0.1, -0.05) is 187 Å². The standard InChI is InChI=1S/C44H85O13P/c1-3-5-7-9-11-13-15-16-17-18-19-20-21-22-23-25-27-29-31-33-38(46)56-36(34-54-37(45)32-30-28-26-24-14-12-10-8-6-4-2)35-55-58(52,53)57-44-42(50)40(48)39(47)41(49)43(44)51/h36,39-44,47-51H,3-35H2,1-2H3,(H,52,53)/t36-,39?,40-,41?,42?,43?,44?/m1/s1. The first-order valence-electron chi connectivity index (χ1n) is 23.3. The van der Waals surface area contributed by atoms with E-state index in [0.29, 0.717) is 12.8 Å². The van der Waals surface area contributed by atoms with E-state index in [4.69, 9.17) is 18.5 Å². The Morgan fingerprint density at radius 1 is 0.466 bits per heavy atom. The van der Waals surface area contributed by atoms with Gasteiger partial charge in [0.2, 0.25) is 0 Å². The summed E-state index contributed by atoms with van der Waals surface area (Å²) in [5, 5.41) is 50.1. The van der Waals surface area contributed by atoms with Gasteiger partial charge < -0.3 is 39.9 Å². The lowest BCUT2D eigenvalue weighted by atomic mass is 9.85. The van der Waals surface area contributed by atoms with Crippen molar-refractivity contribution >= 4 is 19.8 Å². The normalized spacial score (nSPS) is 22.4. The molecule has 1 saturated carbocycles. The van der Waals surface area contributed by atoms with Crippen LogP contribution in [0.1, 0.15) is 213 Å². The molecule has 0 radical (unpaired) electrons. The minimum atomic E-state index is -5.11. The second kappa shape index (κ2) is 35.4. The lowest BCUT2D eigenvalue weighted by molar-refractivity contribution is -0.220. The fourth-order valence-corrected chi connectivity index (χ4v) is 8.38. The zero-order chi connectivity index (χ0) is 42.9. The lowest BCUT2D eigenvalue weighted by Gasteiger charge is -2.41. The number of carbonyl (C=O) groups excluding carboxylic acids is 2. The zero-order valence-electron chi connectivity index (χ0n) is 36.4. The molecule has 0 bridgehead atoms. The summed E-state index contributed by atoms with van der Waals surface area (Å²) in [5.41, 5.74) is 0. The summed E-state index contributed by atoms with van der Waals surface area (Å²) in [6.45, 7) is 3.30. The third-order valence-corrected chi connectivity index (χ3v) is 12.2. The molecule has 6 unspecified atom stereocenters. The number of phosphoric ester groups is 1. The third-order valence-electron chi connectivity index (χ3n) is 11.2. The van der Waals surface area contributed by atoms with E-state index >= 15 is 0 Å². The van der Waals surface area contributed by atoms with E-state index in [9.17, 15) is 44.6 Å². The molecule has 1 fully saturated rings. The second-order valence-electron chi connectivity index (χ2n) is 16.6. The van der Waals surface area contributed by atoms with Crippen molar-refractivity contribution in [2.75, 3.05) is 13.2 Å². The molecule has 0 amide bonds. The number of phosphoric acid groups is 1. The van der Waals surface area contributed by atoms with Crippen LogP contribution in [0.2, 0.25) is 0 Å². The molecule has 344 valence electrons. The summed E-state index contributed by atoms with van der Waals surface area (Å²) in [5.74, 6) is -1.09. The maximum Gasteiger partial charge on any atom is 0.472 e. The van der Waals surface area contributed by atoms with Crippen LogP contribution in [0, 0.1) is 0 Å². The number of rotatable bonds is 39. The molecule has 0 saturated heterocycles. The van der Waals surface area contributed by atoms with Crippen LogP contribution in [0.4, 0.5) is 0 Å². The van der Waals surface area contributed by atoms with E-state index in [2.05, 4.69) is 13.8 Å². The Hall–Kier alpha value is -1.15. The minimum Gasteiger partial charge on any atom is -0.462 e. The van der Waals surface area contributed by atoms with Crippen LogP contribution in [0.3, 0.4) is 0 Å². The molecule has 1 aliphatic rings. The summed E-state index contributed by atoms with van der Waals surface area (Å²) >= 11 is 0. The van der Waals surface area contributed by atoms with Gasteiger partial charge in [-0.3, -0.25) is 18.6 Å². The molecule has 14 heteroatoms.